The van der Waals surface area contributed by atoms with Crippen LogP contribution >= 0.6 is 0 Å². The van der Waals surface area contributed by atoms with Gasteiger partial charge in [0.25, 0.3) is 0 Å². The Balaban J connectivity index is 2.03. The van der Waals surface area contributed by atoms with Gasteiger partial charge in [0.2, 0.25) is 15.7 Å². The molecule has 0 saturated carbocycles. The van der Waals surface area contributed by atoms with Gasteiger partial charge in [0.05, 0.1) is 11.3 Å². The van der Waals surface area contributed by atoms with Crippen LogP contribution in [0.2, 0.25) is 0 Å². The quantitative estimate of drug-likeness (QED) is 0.875. The van der Waals surface area contributed by atoms with Crippen molar-refractivity contribution in [1.82, 2.24) is 10.2 Å². The highest BCUT2D eigenvalue weighted by atomic mass is 32.2. The van der Waals surface area contributed by atoms with E-state index in [9.17, 15) is 22.0 Å². The largest absolute Gasteiger partial charge is 0.341 e. The summed E-state index contributed by atoms with van der Waals surface area (Å²) in [6.45, 7) is 1.64. The molecule has 1 heterocycles. The molecule has 2 rings (SSSR count). The van der Waals surface area contributed by atoms with Gasteiger partial charge < -0.3 is 10.2 Å². The van der Waals surface area contributed by atoms with Crippen molar-refractivity contribution in [3.05, 3.63) is 29.8 Å². The molecular weight excluding hydrogens is 314 g/mol. The summed E-state index contributed by atoms with van der Waals surface area (Å²) in [7, 11) is -2.86. The molecule has 1 fully saturated rings. The summed E-state index contributed by atoms with van der Waals surface area (Å²) < 4.78 is 47.5. The zero-order valence-electron chi connectivity index (χ0n) is 12.1. The van der Waals surface area contributed by atoms with Crippen molar-refractivity contribution in [2.75, 3.05) is 20.1 Å². The molecule has 8 heteroatoms. The highest BCUT2D eigenvalue weighted by Crippen LogP contribution is 2.19. The van der Waals surface area contributed by atoms with Crippen LogP contribution in [0, 0.1) is 0 Å². The van der Waals surface area contributed by atoms with Gasteiger partial charge in [0.1, 0.15) is 0 Å². The molecule has 0 bridgehead atoms. The fourth-order valence-corrected chi connectivity index (χ4v) is 3.09. The summed E-state index contributed by atoms with van der Waals surface area (Å²) in [5.41, 5.74) is 0.594. The first-order chi connectivity index (χ1) is 10.3. The molecule has 1 aromatic carbocycles. The SMILES string of the molecule is CN(C(=O)Cc1ccc(S(=O)(=O)C(F)F)cc1)C1CCNC1. The molecule has 1 aromatic rings. The molecule has 1 amide bonds. The smallest absolute Gasteiger partial charge is 0.341 e. The second kappa shape index (κ2) is 6.70. The van der Waals surface area contributed by atoms with E-state index in [0.29, 0.717) is 5.56 Å². The molecular formula is C14H18F2N2O3S. The molecule has 1 N–H and O–H groups in total. The van der Waals surface area contributed by atoms with Crippen LogP contribution in [-0.2, 0) is 21.1 Å². The number of nitrogens with one attached hydrogen (secondary N) is 1. The lowest BCUT2D eigenvalue weighted by Gasteiger charge is -2.23. The van der Waals surface area contributed by atoms with Crippen LogP contribution in [0.3, 0.4) is 0 Å². The number of amides is 1. The molecule has 1 unspecified atom stereocenters. The van der Waals surface area contributed by atoms with Crippen molar-refractivity contribution >= 4 is 15.7 Å². The lowest BCUT2D eigenvalue weighted by molar-refractivity contribution is -0.130. The van der Waals surface area contributed by atoms with E-state index in [4.69, 9.17) is 0 Å². The number of carbonyl (C=O) groups excluding carboxylic acids is 1. The molecule has 1 saturated heterocycles. The number of sulfone groups is 1. The van der Waals surface area contributed by atoms with E-state index in [1.165, 1.54) is 12.1 Å². The minimum atomic E-state index is -4.59. The van der Waals surface area contributed by atoms with E-state index in [1.54, 1.807) is 11.9 Å². The topological polar surface area (TPSA) is 66.5 Å². The van der Waals surface area contributed by atoms with Crippen molar-refractivity contribution in [2.24, 2.45) is 0 Å². The Hall–Kier alpha value is -1.54. The summed E-state index contributed by atoms with van der Waals surface area (Å²) in [5.74, 6) is -3.53. The first-order valence-corrected chi connectivity index (χ1v) is 8.44. The van der Waals surface area contributed by atoms with Gasteiger partial charge in [-0.1, -0.05) is 12.1 Å². The number of halogens is 2. The minimum Gasteiger partial charge on any atom is -0.341 e. The van der Waals surface area contributed by atoms with Crippen LogP contribution in [0.1, 0.15) is 12.0 Å². The first-order valence-electron chi connectivity index (χ1n) is 6.89. The summed E-state index contributed by atoms with van der Waals surface area (Å²) in [6.07, 6.45) is 1.01. The Morgan fingerprint density at radius 1 is 1.36 bits per heavy atom. The molecule has 122 valence electrons. The number of hydrogen-bond acceptors (Lipinski definition) is 4. The van der Waals surface area contributed by atoms with Crippen LogP contribution in [0.25, 0.3) is 0 Å². The number of nitrogens with zero attached hydrogens (tertiary/aromatic N) is 1. The third-order valence-corrected chi connectivity index (χ3v) is 5.22. The Kier molecular flexibility index (Phi) is 5.12. The van der Waals surface area contributed by atoms with E-state index in [0.717, 1.165) is 31.6 Å². The number of benzene rings is 1. The van der Waals surface area contributed by atoms with Gasteiger partial charge in [-0.15, -0.1) is 0 Å². The molecule has 0 radical (unpaired) electrons. The highest BCUT2D eigenvalue weighted by molar-refractivity contribution is 7.91. The standard InChI is InChI=1S/C14H18F2N2O3S/c1-18(11-6-7-17-9-11)13(19)8-10-2-4-12(5-3-10)22(20,21)14(15)16/h2-5,11,14,17H,6-9H2,1H3. The molecule has 1 aliphatic heterocycles. The van der Waals surface area contributed by atoms with E-state index < -0.39 is 20.5 Å². The lowest BCUT2D eigenvalue weighted by atomic mass is 10.1. The highest BCUT2D eigenvalue weighted by Gasteiger charge is 2.27. The van der Waals surface area contributed by atoms with Crippen molar-refractivity contribution in [3.8, 4) is 0 Å². The first kappa shape index (κ1) is 16.8. The number of alkyl halides is 2. The molecule has 1 aliphatic rings. The van der Waals surface area contributed by atoms with Crippen LogP contribution in [0.4, 0.5) is 8.78 Å². The van der Waals surface area contributed by atoms with Crippen LogP contribution in [-0.4, -0.2) is 51.2 Å². The third kappa shape index (κ3) is 3.61. The summed E-state index contributed by atoms with van der Waals surface area (Å²) in [5, 5.41) is 3.18. The van der Waals surface area contributed by atoms with Crippen molar-refractivity contribution < 1.29 is 22.0 Å². The number of hydrogen-bond donors (Lipinski definition) is 1. The van der Waals surface area contributed by atoms with Gasteiger partial charge in [-0.3, -0.25) is 4.79 Å². The fraction of sp³-hybridized carbons (Fsp3) is 0.500. The zero-order valence-corrected chi connectivity index (χ0v) is 12.9. The van der Waals surface area contributed by atoms with Crippen LogP contribution in [0.15, 0.2) is 29.2 Å². The summed E-state index contributed by atoms with van der Waals surface area (Å²) >= 11 is 0. The summed E-state index contributed by atoms with van der Waals surface area (Å²) in [6, 6.07) is 5.18. The molecule has 22 heavy (non-hydrogen) atoms. The average Bonchev–Trinajstić information content (AvgIpc) is 3.01. The van der Waals surface area contributed by atoms with Gasteiger partial charge in [-0.2, -0.15) is 8.78 Å². The molecule has 5 nitrogen and oxygen atoms in total. The van der Waals surface area contributed by atoms with Crippen molar-refractivity contribution in [1.29, 1.82) is 0 Å². The Morgan fingerprint density at radius 2 is 2.00 bits per heavy atom. The van der Waals surface area contributed by atoms with Crippen molar-refractivity contribution in [3.63, 3.8) is 0 Å². The second-order valence-corrected chi connectivity index (χ2v) is 7.20. The predicted molar refractivity (Wildman–Crippen MR) is 77.4 cm³/mol. The molecule has 0 aliphatic carbocycles. The van der Waals surface area contributed by atoms with Crippen LogP contribution in [0.5, 0.6) is 0 Å². The van der Waals surface area contributed by atoms with Gasteiger partial charge in [-0.25, -0.2) is 8.42 Å². The van der Waals surface area contributed by atoms with E-state index in [2.05, 4.69) is 5.32 Å². The van der Waals surface area contributed by atoms with Gasteiger partial charge in [-0.05, 0) is 30.7 Å². The van der Waals surface area contributed by atoms with Gasteiger partial charge in [0, 0.05) is 19.6 Å². The fourth-order valence-electron chi connectivity index (χ4n) is 2.37. The van der Waals surface area contributed by atoms with Crippen LogP contribution < -0.4 is 5.32 Å². The zero-order chi connectivity index (χ0) is 16.3. The van der Waals surface area contributed by atoms with E-state index >= 15 is 0 Å². The third-order valence-electron chi connectivity index (χ3n) is 3.82. The van der Waals surface area contributed by atoms with Crippen molar-refractivity contribution in [2.45, 2.75) is 29.5 Å². The lowest BCUT2D eigenvalue weighted by Crippen LogP contribution is -2.39. The van der Waals surface area contributed by atoms with E-state index in [1.807, 2.05) is 0 Å². The number of rotatable bonds is 5. The van der Waals surface area contributed by atoms with E-state index in [-0.39, 0.29) is 18.4 Å². The summed E-state index contributed by atoms with van der Waals surface area (Å²) in [4.78, 5) is 13.4. The maximum absolute atomic E-state index is 12.4. The second-order valence-electron chi connectivity index (χ2n) is 5.28. The average molecular weight is 332 g/mol. The molecule has 1 atom stereocenters. The molecule has 0 spiro atoms. The number of likely N-dealkylation sites (N-methyl/N-ethyl adjacent to an activating group) is 1. The Morgan fingerprint density at radius 3 is 2.50 bits per heavy atom. The normalized spacial score (nSPS) is 18.6. The molecule has 0 aromatic heterocycles. The predicted octanol–water partition coefficient (Wildman–Crippen LogP) is 1.05. The Bertz CT molecular complexity index is 626. The van der Waals surface area contributed by atoms with Gasteiger partial charge >= 0.3 is 5.76 Å². The minimum absolute atomic E-state index is 0.0850. The monoisotopic (exact) mass is 332 g/mol. The maximum Gasteiger partial charge on any atom is 0.341 e. The van der Waals surface area contributed by atoms with Gasteiger partial charge in [0.15, 0.2) is 0 Å². The maximum atomic E-state index is 12.4. The number of carbonyl (C=O) groups is 1. The Labute approximate surface area is 128 Å².